The van der Waals surface area contributed by atoms with E-state index in [-0.39, 0.29) is 6.67 Å². The molecule has 3 heteroatoms. The zero-order valence-corrected chi connectivity index (χ0v) is 9.52. The molecule has 1 aliphatic rings. The van der Waals surface area contributed by atoms with E-state index >= 15 is 0 Å². The highest BCUT2D eigenvalue weighted by Gasteiger charge is 2.15. The summed E-state index contributed by atoms with van der Waals surface area (Å²) in [4.78, 5) is 1.18. The van der Waals surface area contributed by atoms with E-state index in [1.165, 1.54) is 23.3 Å². The average molecular weight is 225 g/mol. The highest BCUT2D eigenvalue weighted by Crippen LogP contribution is 2.26. The van der Waals surface area contributed by atoms with Crippen LogP contribution in [0.5, 0.6) is 0 Å². The highest BCUT2D eigenvalue weighted by atomic mass is 32.2. The van der Waals surface area contributed by atoms with Crippen molar-refractivity contribution in [1.29, 1.82) is 0 Å². The van der Waals surface area contributed by atoms with Gasteiger partial charge >= 0.3 is 0 Å². The van der Waals surface area contributed by atoms with Gasteiger partial charge < -0.3 is 5.32 Å². The Morgan fingerprint density at radius 2 is 2.40 bits per heavy atom. The number of benzene rings is 1. The van der Waals surface area contributed by atoms with Crippen LogP contribution in [0.2, 0.25) is 0 Å². The maximum Gasteiger partial charge on any atom is 0.0988 e. The molecule has 1 nitrogen and oxygen atoms in total. The van der Waals surface area contributed by atoms with Gasteiger partial charge in [0, 0.05) is 16.7 Å². The molecule has 2 rings (SSSR count). The van der Waals surface area contributed by atoms with Crippen molar-refractivity contribution in [3.8, 4) is 0 Å². The number of nitrogens with one attached hydrogen (secondary N) is 1. The summed E-state index contributed by atoms with van der Waals surface area (Å²) in [5.41, 5.74) is 1.34. The molecule has 0 radical (unpaired) electrons. The van der Waals surface area contributed by atoms with Gasteiger partial charge in [-0.15, -0.1) is 11.8 Å². The predicted octanol–water partition coefficient (Wildman–Crippen LogP) is 3.17. The molecule has 0 spiro atoms. The molecular weight excluding hydrogens is 209 g/mol. The van der Waals surface area contributed by atoms with Crippen molar-refractivity contribution in [3.05, 3.63) is 29.8 Å². The van der Waals surface area contributed by atoms with Crippen molar-refractivity contribution >= 4 is 11.8 Å². The monoisotopic (exact) mass is 225 g/mol. The van der Waals surface area contributed by atoms with Gasteiger partial charge in [0.1, 0.15) is 0 Å². The summed E-state index contributed by atoms with van der Waals surface area (Å²) in [6.07, 6.45) is 2.48. The summed E-state index contributed by atoms with van der Waals surface area (Å²) in [5.74, 6) is 0.557. The van der Waals surface area contributed by atoms with Crippen LogP contribution in [0.3, 0.4) is 0 Å². The first-order chi connectivity index (χ1) is 7.40. The van der Waals surface area contributed by atoms with Crippen molar-refractivity contribution in [1.82, 2.24) is 5.32 Å². The number of hydrogen-bond donors (Lipinski definition) is 1. The molecule has 1 fully saturated rings. The van der Waals surface area contributed by atoms with Gasteiger partial charge in [0.15, 0.2) is 0 Å². The molecule has 1 heterocycles. The maximum atomic E-state index is 12.0. The molecule has 1 atom stereocenters. The molecule has 0 amide bonds. The van der Waals surface area contributed by atoms with E-state index in [4.69, 9.17) is 0 Å². The van der Waals surface area contributed by atoms with E-state index in [1.54, 1.807) is 11.8 Å². The minimum absolute atomic E-state index is 0.253. The first-order valence-electron chi connectivity index (χ1n) is 5.42. The second kappa shape index (κ2) is 5.52. The lowest BCUT2D eigenvalue weighted by atomic mass is 10.1. The van der Waals surface area contributed by atoms with Crippen LogP contribution in [-0.4, -0.2) is 19.0 Å². The SMILES string of the molecule is FCCSc1cccc(C2CCCN2)c1. The average Bonchev–Trinajstić information content (AvgIpc) is 2.80. The molecule has 82 valence electrons. The van der Waals surface area contributed by atoms with Gasteiger partial charge in [0.05, 0.1) is 6.67 Å². The predicted molar refractivity (Wildman–Crippen MR) is 63.1 cm³/mol. The topological polar surface area (TPSA) is 12.0 Å². The van der Waals surface area contributed by atoms with Gasteiger partial charge in [0.25, 0.3) is 0 Å². The third-order valence-corrected chi connectivity index (χ3v) is 3.61. The standard InChI is InChI=1S/C12H16FNS/c13-6-8-15-11-4-1-3-10(9-11)12-5-2-7-14-12/h1,3-4,9,12,14H,2,5-8H2. The van der Waals surface area contributed by atoms with Crippen molar-refractivity contribution < 1.29 is 4.39 Å². The lowest BCUT2D eigenvalue weighted by molar-refractivity contribution is 0.533. The summed E-state index contributed by atoms with van der Waals surface area (Å²) in [7, 11) is 0. The molecule has 1 saturated heterocycles. The van der Waals surface area contributed by atoms with Gasteiger partial charge in [-0.3, -0.25) is 4.39 Å². The van der Waals surface area contributed by atoms with Crippen LogP contribution < -0.4 is 5.32 Å². The minimum atomic E-state index is -0.253. The number of alkyl halides is 1. The number of hydrogen-bond acceptors (Lipinski definition) is 2. The van der Waals surface area contributed by atoms with Crippen molar-refractivity contribution in [2.24, 2.45) is 0 Å². The quantitative estimate of drug-likeness (QED) is 0.790. The fraction of sp³-hybridized carbons (Fsp3) is 0.500. The summed E-state index contributed by atoms with van der Waals surface area (Å²) >= 11 is 1.59. The number of halogens is 1. The lowest BCUT2D eigenvalue weighted by Crippen LogP contribution is -2.12. The second-order valence-corrected chi connectivity index (χ2v) is 4.93. The summed E-state index contributed by atoms with van der Waals surface area (Å²) < 4.78 is 12.0. The molecule has 15 heavy (non-hydrogen) atoms. The molecule has 1 aromatic rings. The van der Waals surface area contributed by atoms with Crippen LogP contribution in [0, 0.1) is 0 Å². The molecule has 0 aromatic heterocycles. The molecule has 1 unspecified atom stereocenters. The van der Waals surface area contributed by atoms with Crippen LogP contribution in [0.4, 0.5) is 4.39 Å². The molecule has 0 saturated carbocycles. The Kier molecular flexibility index (Phi) is 4.03. The Labute approximate surface area is 94.5 Å². The van der Waals surface area contributed by atoms with Gasteiger partial charge in [-0.2, -0.15) is 0 Å². The minimum Gasteiger partial charge on any atom is -0.310 e. The van der Waals surface area contributed by atoms with E-state index in [2.05, 4.69) is 29.6 Å². The van der Waals surface area contributed by atoms with E-state index in [9.17, 15) is 4.39 Å². The lowest BCUT2D eigenvalue weighted by Gasteiger charge is -2.11. The third kappa shape index (κ3) is 2.95. The van der Waals surface area contributed by atoms with Crippen LogP contribution in [0.25, 0.3) is 0 Å². The smallest absolute Gasteiger partial charge is 0.0988 e. The van der Waals surface area contributed by atoms with Gasteiger partial charge in [-0.05, 0) is 37.1 Å². The van der Waals surface area contributed by atoms with E-state index < -0.39 is 0 Å². The first kappa shape index (κ1) is 11.0. The van der Waals surface area contributed by atoms with E-state index in [1.807, 2.05) is 0 Å². The van der Waals surface area contributed by atoms with E-state index in [0.717, 1.165) is 6.54 Å². The van der Waals surface area contributed by atoms with Crippen molar-refractivity contribution in [2.45, 2.75) is 23.8 Å². The normalized spacial score (nSPS) is 20.7. The second-order valence-electron chi connectivity index (χ2n) is 3.76. The van der Waals surface area contributed by atoms with Gasteiger partial charge in [0.2, 0.25) is 0 Å². The Morgan fingerprint density at radius 1 is 1.47 bits per heavy atom. The molecular formula is C12H16FNS. The van der Waals surface area contributed by atoms with Crippen LogP contribution in [0.1, 0.15) is 24.4 Å². The Bertz CT molecular complexity index is 310. The van der Waals surface area contributed by atoms with E-state index in [0.29, 0.717) is 11.8 Å². The number of rotatable bonds is 4. The van der Waals surface area contributed by atoms with Gasteiger partial charge in [-0.25, -0.2) is 0 Å². The Hall–Kier alpha value is -0.540. The Balaban J connectivity index is 2.04. The fourth-order valence-electron chi connectivity index (χ4n) is 1.95. The fourth-order valence-corrected chi connectivity index (χ4v) is 2.65. The zero-order chi connectivity index (χ0) is 10.5. The van der Waals surface area contributed by atoms with Crippen LogP contribution in [-0.2, 0) is 0 Å². The molecule has 0 aliphatic carbocycles. The summed E-state index contributed by atoms with van der Waals surface area (Å²) in [6, 6.07) is 8.97. The van der Waals surface area contributed by atoms with Crippen LogP contribution in [0.15, 0.2) is 29.2 Å². The third-order valence-electron chi connectivity index (χ3n) is 2.67. The van der Waals surface area contributed by atoms with Gasteiger partial charge in [-0.1, -0.05) is 12.1 Å². The molecule has 1 aliphatic heterocycles. The number of thioether (sulfide) groups is 1. The molecule has 1 aromatic carbocycles. The summed E-state index contributed by atoms with van der Waals surface area (Å²) in [6.45, 7) is 0.864. The van der Waals surface area contributed by atoms with Crippen molar-refractivity contribution in [2.75, 3.05) is 19.0 Å². The van der Waals surface area contributed by atoms with Crippen LogP contribution >= 0.6 is 11.8 Å². The van der Waals surface area contributed by atoms with Crippen molar-refractivity contribution in [3.63, 3.8) is 0 Å². The maximum absolute atomic E-state index is 12.0. The highest BCUT2D eigenvalue weighted by molar-refractivity contribution is 7.99. The first-order valence-corrected chi connectivity index (χ1v) is 6.41. The largest absolute Gasteiger partial charge is 0.310 e. The molecule has 0 bridgehead atoms. The zero-order valence-electron chi connectivity index (χ0n) is 8.71. The summed E-state index contributed by atoms with van der Waals surface area (Å²) in [5, 5.41) is 3.47. The Morgan fingerprint density at radius 3 is 3.13 bits per heavy atom. The molecule has 1 N–H and O–H groups in total.